The molecule has 1 saturated carbocycles. The summed E-state index contributed by atoms with van der Waals surface area (Å²) in [4.78, 5) is 24.8. The van der Waals surface area contributed by atoms with E-state index >= 15 is 0 Å². The van der Waals surface area contributed by atoms with Gasteiger partial charge in [-0.2, -0.15) is 0 Å². The Morgan fingerprint density at radius 2 is 1.77 bits per heavy atom. The summed E-state index contributed by atoms with van der Waals surface area (Å²) in [6.45, 7) is 1.51. The monoisotopic (exact) mass is 319 g/mol. The van der Waals surface area contributed by atoms with E-state index in [9.17, 15) is 9.59 Å². The summed E-state index contributed by atoms with van der Waals surface area (Å²) in [6.07, 6.45) is 4.12. The van der Waals surface area contributed by atoms with E-state index in [2.05, 4.69) is 10.6 Å². The van der Waals surface area contributed by atoms with Crippen LogP contribution < -0.4 is 15.5 Å². The van der Waals surface area contributed by atoms with Crippen LogP contribution in [0.25, 0.3) is 0 Å². The predicted molar refractivity (Wildman–Crippen MR) is 91.8 cm³/mol. The molecule has 1 aliphatic rings. The van der Waals surface area contributed by atoms with Crippen LogP contribution >= 0.6 is 12.2 Å². The predicted octanol–water partition coefficient (Wildman–Crippen LogP) is 2.67. The zero-order valence-corrected chi connectivity index (χ0v) is 13.7. The summed E-state index contributed by atoms with van der Waals surface area (Å²) in [7, 11) is 1.72. The van der Waals surface area contributed by atoms with Crippen LogP contribution in [0.1, 0.15) is 32.6 Å². The second-order valence-electron chi connectivity index (χ2n) is 5.55. The van der Waals surface area contributed by atoms with Gasteiger partial charge in [-0.05, 0) is 49.3 Å². The Morgan fingerprint density at radius 3 is 2.32 bits per heavy atom. The first-order chi connectivity index (χ1) is 10.5. The van der Waals surface area contributed by atoms with E-state index < -0.39 is 0 Å². The van der Waals surface area contributed by atoms with Crippen LogP contribution in [0, 0.1) is 5.92 Å². The molecule has 0 bridgehead atoms. The van der Waals surface area contributed by atoms with E-state index in [4.69, 9.17) is 12.2 Å². The third kappa shape index (κ3) is 4.27. The minimum absolute atomic E-state index is 0.00272. The molecule has 1 aliphatic carbocycles. The molecule has 2 rings (SSSR count). The van der Waals surface area contributed by atoms with E-state index in [-0.39, 0.29) is 17.7 Å². The third-order valence-corrected chi connectivity index (χ3v) is 4.15. The van der Waals surface area contributed by atoms with Gasteiger partial charge in [-0.1, -0.05) is 12.8 Å². The van der Waals surface area contributed by atoms with Crippen molar-refractivity contribution >= 4 is 40.5 Å². The SMILES string of the molecule is CC(=O)N(C)c1ccc(NC(=S)NC(=O)C2CCCC2)cc1. The van der Waals surface area contributed by atoms with Crippen LogP contribution in [-0.2, 0) is 9.59 Å². The first kappa shape index (κ1) is 16.4. The quantitative estimate of drug-likeness (QED) is 0.841. The molecule has 1 aromatic carbocycles. The van der Waals surface area contributed by atoms with Gasteiger partial charge in [0.2, 0.25) is 11.8 Å². The van der Waals surface area contributed by atoms with E-state index in [1.165, 1.54) is 6.92 Å². The molecule has 0 radical (unpaired) electrons. The highest BCUT2D eigenvalue weighted by Crippen LogP contribution is 2.24. The first-order valence-corrected chi connectivity index (χ1v) is 7.84. The molecule has 0 heterocycles. The number of nitrogens with one attached hydrogen (secondary N) is 2. The average molecular weight is 319 g/mol. The standard InChI is InChI=1S/C16H21N3O2S/c1-11(20)19(2)14-9-7-13(8-10-14)17-16(22)18-15(21)12-5-3-4-6-12/h7-10,12H,3-6H2,1-2H3,(H2,17,18,21,22). The molecule has 0 spiro atoms. The Labute approximate surface area is 136 Å². The Hall–Kier alpha value is -1.95. The third-order valence-electron chi connectivity index (χ3n) is 3.95. The van der Waals surface area contributed by atoms with Gasteiger partial charge in [0.1, 0.15) is 0 Å². The van der Waals surface area contributed by atoms with E-state index in [1.807, 2.05) is 24.3 Å². The van der Waals surface area contributed by atoms with Gasteiger partial charge in [-0.3, -0.25) is 9.59 Å². The molecule has 0 aromatic heterocycles. The lowest BCUT2D eigenvalue weighted by Gasteiger charge is -2.16. The van der Waals surface area contributed by atoms with E-state index in [1.54, 1.807) is 11.9 Å². The molecule has 6 heteroatoms. The summed E-state index contributed by atoms with van der Waals surface area (Å²) < 4.78 is 0. The number of thiocarbonyl (C=S) groups is 1. The first-order valence-electron chi connectivity index (χ1n) is 7.43. The second kappa shape index (κ2) is 7.35. The number of amides is 2. The maximum absolute atomic E-state index is 12.0. The molecule has 0 saturated heterocycles. The highest BCUT2D eigenvalue weighted by atomic mass is 32.1. The van der Waals surface area contributed by atoms with Crippen molar-refractivity contribution in [2.75, 3.05) is 17.3 Å². The molecule has 0 atom stereocenters. The molecule has 1 fully saturated rings. The van der Waals surface area contributed by atoms with Gasteiger partial charge in [0.25, 0.3) is 0 Å². The summed E-state index contributed by atoms with van der Waals surface area (Å²) in [5, 5.41) is 6.04. The number of nitrogens with zero attached hydrogens (tertiary/aromatic N) is 1. The number of hydrogen-bond acceptors (Lipinski definition) is 3. The van der Waals surface area contributed by atoms with Gasteiger partial charge in [-0.15, -0.1) is 0 Å². The average Bonchev–Trinajstić information content (AvgIpc) is 3.01. The number of carbonyl (C=O) groups excluding carboxylic acids is 2. The Kier molecular flexibility index (Phi) is 5.49. The van der Waals surface area contributed by atoms with Crippen molar-refractivity contribution in [3.8, 4) is 0 Å². The van der Waals surface area contributed by atoms with Crippen LogP contribution in [0.4, 0.5) is 11.4 Å². The highest BCUT2D eigenvalue weighted by Gasteiger charge is 2.23. The van der Waals surface area contributed by atoms with Crippen molar-refractivity contribution in [1.29, 1.82) is 0 Å². The van der Waals surface area contributed by atoms with Gasteiger partial charge in [-0.25, -0.2) is 0 Å². The molecule has 118 valence electrons. The lowest BCUT2D eigenvalue weighted by Crippen LogP contribution is -2.37. The fourth-order valence-electron chi connectivity index (χ4n) is 2.51. The topological polar surface area (TPSA) is 61.4 Å². The van der Waals surface area contributed by atoms with Crippen molar-refractivity contribution in [2.45, 2.75) is 32.6 Å². The zero-order valence-electron chi connectivity index (χ0n) is 12.9. The molecule has 0 aliphatic heterocycles. The zero-order chi connectivity index (χ0) is 16.1. The lowest BCUT2D eigenvalue weighted by molar-refractivity contribution is -0.123. The number of anilines is 2. The van der Waals surface area contributed by atoms with Crippen molar-refractivity contribution in [3.05, 3.63) is 24.3 Å². The molecule has 22 heavy (non-hydrogen) atoms. The largest absolute Gasteiger partial charge is 0.332 e. The fraction of sp³-hybridized carbons (Fsp3) is 0.438. The number of hydrogen-bond donors (Lipinski definition) is 2. The van der Waals surface area contributed by atoms with Gasteiger partial charge < -0.3 is 15.5 Å². The number of carbonyl (C=O) groups is 2. The van der Waals surface area contributed by atoms with Crippen LogP contribution in [0.15, 0.2) is 24.3 Å². The molecule has 5 nitrogen and oxygen atoms in total. The molecular formula is C16H21N3O2S. The highest BCUT2D eigenvalue weighted by molar-refractivity contribution is 7.80. The Balaban J connectivity index is 1.88. The summed E-state index contributed by atoms with van der Waals surface area (Å²) >= 11 is 5.17. The normalized spacial score (nSPS) is 14.5. The second-order valence-corrected chi connectivity index (χ2v) is 5.96. The van der Waals surface area contributed by atoms with Gasteiger partial charge >= 0.3 is 0 Å². The summed E-state index contributed by atoms with van der Waals surface area (Å²) in [5.74, 6) is 0.0642. The van der Waals surface area contributed by atoms with Crippen LogP contribution in [0.5, 0.6) is 0 Å². The molecule has 1 aromatic rings. The van der Waals surface area contributed by atoms with E-state index in [0.29, 0.717) is 5.11 Å². The minimum Gasteiger partial charge on any atom is -0.332 e. The molecule has 0 unspecified atom stereocenters. The summed E-state index contributed by atoms with van der Waals surface area (Å²) in [5.41, 5.74) is 1.58. The van der Waals surface area contributed by atoms with Gasteiger partial charge in [0, 0.05) is 31.3 Å². The number of benzene rings is 1. The Bertz CT molecular complexity index is 565. The maximum Gasteiger partial charge on any atom is 0.229 e. The van der Waals surface area contributed by atoms with Crippen molar-refractivity contribution in [2.24, 2.45) is 5.92 Å². The van der Waals surface area contributed by atoms with E-state index in [0.717, 1.165) is 37.1 Å². The van der Waals surface area contributed by atoms with Crippen molar-refractivity contribution in [1.82, 2.24) is 5.32 Å². The molecule has 2 amide bonds. The maximum atomic E-state index is 12.0. The van der Waals surface area contributed by atoms with Gasteiger partial charge in [0.15, 0.2) is 5.11 Å². The van der Waals surface area contributed by atoms with Crippen LogP contribution in [0.3, 0.4) is 0 Å². The van der Waals surface area contributed by atoms with Gasteiger partial charge in [0.05, 0.1) is 0 Å². The van der Waals surface area contributed by atoms with Crippen molar-refractivity contribution in [3.63, 3.8) is 0 Å². The lowest BCUT2D eigenvalue weighted by atomic mass is 10.1. The molecular weight excluding hydrogens is 298 g/mol. The molecule has 2 N–H and O–H groups in total. The number of rotatable bonds is 3. The van der Waals surface area contributed by atoms with Crippen molar-refractivity contribution < 1.29 is 9.59 Å². The summed E-state index contributed by atoms with van der Waals surface area (Å²) in [6, 6.07) is 7.29. The van der Waals surface area contributed by atoms with Crippen LogP contribution in [0.2, 0.25) is 0 Å². The minimum atomic E-state index is -0.0277. The van der Waals surface area contributed by atoms with Crippen LogP contribution in [-0.4, -0.2) is 24.0 Å². The fourth-order valence-corrected chi connectivity index (χ4v) is 2.73. The smallest absolute Gasteiger partial charge is 0.229 e. The Morgan fingerprint density at radius 1 is 1.18 bits per heavy atom.